The molecule has 2 aromatic rings. The van der Waals surface area contributed by atoms with Crippen molar-refractivity contribution in [2.45, 2.75) is 25.7 Å². The number of aliphatic hydroxyl groups is 1. The van der Waals surface area contributed by atoms with Crippen LogP contribution in [0.4, 0.5) is 0 Å². The number of ether oxygens (including phenoxy) is 1. The molecule has 0 heterocycles. The molecule has 2 atom stereocenters. The molecule has 3 heteroatoms. The summed E-state index contributed by atoms with van der Waals surface area (Å²) in [5, 5.41) is 9.51. The monoisotopic (exact) mass is 257 g/mol. The van der Waals surface area contributed by atoms with E-state index in [2.05, 4.69) is 0 Å². The van der Waals surface area contributed by atoms with Crippen molar-refractivity contribution in [1.29, 1.82) is 0 Å². The Hall–Kier alpha value is -1.84. The molecule has 19 heavy (non-hydrogen) atoms. The summed E-state index contributed by atoms with van der Waals surface area (Å²) in [6.07, 6.45) is -0.579. The van der Waals surface area contributed by atoms with E-state index in [1.54, 1.807) is 6.92 Å². The summed E-state index contributed by atoms with van der Waals surface area (Å²) in [5.41, 5.74) is 7.90. The van der Waals surface area contributed by atoms with Gasteiger partial charge in [-0.25, -0.2) is 0 Å². The predicted octanol–water partition coefficient (Wildman–Crippen LogP) is 2.65. The van der Waals surface area contributed by atoms with Gasteiger partial charge < -0.3 is 15.6 Å². The Morgan fingerprint density at radius 2 is 1.84 bits per heavy atom. The number of aliphatic hydroxyl groups excluding tert-OH is 1. The Bertz CT molecular complexity index is 511. The lowest BCUT2D eigenvalue weighted by Gasteiger charge is -2.16. The van der Waals surface area contributed by atoms with Gasteiger partial charge in [0, 0.05) is 0 Å². The van der Waals surface area contributed by atoms with Crippen molar-refractivity contribution in [2.75, 3.05) is 0 Å². The van der Waals surface area contributed by atoms with Crippen LogP contribution in [0.5, 0.6) is 5.75 Å². The maximum absolute atomic E-state index is 9.51. The van der Waals surface area contributed by atoms with Gasteiger partial charge in [0.25, 0.3) is 0 Å². The van der Waals surface area contributed by atoms with Crippen LogP contribution in [-0.2, 0) is 6.61 Å². The fourth-order valence-electron chi connectivity index (χ4n) is 1.83. The van der Waals surface area contributed by atoms with Gasteiger partial charge in [-0.05, 0) is 30.2 Å². The van der Waals surface area contributed by atoms with Crippen LogP contribution in [0.15, 0.2) is 54.6 Å². The Balaban J connectivity index is 2.03. The van der Waals surface area contributed by atoms with Crippen molar-refractivity contribution < 1.29 is 9.84 Å². The van der Waals surface area contributed by atoms with Gasteiger partial charge in [0.05, 0.1) is 12.1 Å². The van der Waals surface area contributed by atoms with Crippen LogP contribution < -0.4 is 10.5 Å². The van der Waals surface area contributed by atoms with Crippen molar-refractivity contribution in [3.05, 3.63) is 65.7 Å². The molecule has 0 amide bonds. The fraction of sp³-hybridized carbons (Fsp3) is 0.250. The lowest BCUT2D eigenvalue weighted by molar-refractivity contribution is 0.164. The maximum Gasteiger partial charge on any atom is 0.120 e. The van der Waals surface area contributed by atoms with Crippen LogP contribution in [0, 0.1) is 0 Å². The topological polar surface area (TPSA) is 55.5 Å². The zero-order valence-electron chi connectivity index (χ0n) is 11.0. The molecule has 0 saturated heterocycles. The molecule has 0 unspecified atom stereocenters. The van der Waals surface area contributed by atoms with E-state index >= 15 is 0 Å². The Morgan fingerprint density at radius 1 is 1.11 bits per heavy atom. The molecular formula is C16H19NO2. The first kappa shape index (κ1) is 13.6. The first-order chi connectivity index (χ1) is 9.16. The summed E-state index contributed by atoms with van der Waals surface area (Å²) in [6, 6.07) is 17.1. The molecule has 2 aromatic carbocycles. The van der Waals surface area contributed by atoms with Crippen molar-refractivity contribution in [3.63, 3.8) is 0 Å². The van der Waals surface area contributed by atoms with Gasteiger partial charge in [0.1, 0.15) is 12.4 Å². The minimum absolute atomic E-state index is 0.389. The number of rotatable bonds is 5. The standard InChI is InChI=1S/C16H19NO2/c1-12(18)16(17)14-8-5-9-15(10-14)19-11-13-6-3-2-4-7-13/h2-10,12,16,18H,11,17H2,1H3/t12-,16-/m0/s1. The normalized spacial score (nSPS) is 13.8. The molecule has 0 radical (unpaired) electrons. The lowest BCUT2D eigenvalue weighted by Crippen LogP contribution is -2.23. The predicted molar refractivity (Wildman–Crippen MR) is 75.8 cm³/mol. The molecule has 0 saturated carbocycles. The average molecular weight is 257 g/mol. The van der Waals surface area contributed by atoms with Crippen molar-refractivity contribution in [2.24, 2.45) is 5.73 Å². The van der Waals surface area contributed by atoms with Crippen molar-refractivity contribution >= 4 is 0 Å². The summed E-state index contributed by atoms with van der Waals surface area (Å²) in [6.45, 7) is 2.20. The zero-order chi connectivity index (χ0) is 13.7. The van der Waals surface area contributed by atoms with Gasteiger partial charge >= 0.3 is 0 Å². The molecular weight excluding hydrogens is 238 g/mol. The highest BCUT2D eigenvalue weighted by Crippen LogP contribution is 2.20. The second kappa shape index (κ2) is 6.36. The third-order valence-electron chi connectivity index (χ3n) is 3.01. The number of hydrogen-bond donors (Lipinski definition) is 2. The average Bonchev–Trinajstić information content (AvgIpc) is 2.45. The molecule has 0 aliphatic rings. The number of hydrogen-bond acceptors (Lipinski definition) is 3. The van der Waals surface area contributed by atoms with Crippen LogP contribution in [0.1, 0.15) is 24.1 Å². The minimum Gasteiger partial charge on any atom is -0.489 e. The highest BCUT2D eigenvalue weighted by atomic mass is 16.5. The van der Waals surface area contributed by atoms with E-state index in [1.165, 1.54) is 0 Å². The molecule has 0 fully saturated rings. The van der Waals surface area contributed by atoms with Gasteiger partial charge in [-0.2, -0.15) is 0 Å². The van der Waals surface area contributed by atoms with E-state index in [9.17, 15) is 5.11 Å². The van der Waals surface area contributed by atoms with Gasteiger partial charge in [0.2, 0.25) is 0 Å². The van der Waals surface area contributed by atoms with Gasteiger partial charge in [-0.3, -0.25) is 0 Å². The van der Waals surface area contributed by atoms with Crippen LogP contribution in [0.2, 0.25) is 0 Å². The highest BCUT2D eigenvalue weighted by molar-refractivity contribution is 5.31. The Kier molecular flexibility index (Phi) is 4.55. The fourth-order valence-corrected chi connectivity index (χ4v) is 1.83. The van der Waals surface area contributed by atoms with Crippen LogP contribution in [-0.4, -0.2) is 11.2 Å². The molecule has 0 aromatic heterocycles. The van der Waals surface area contributed by atoms with E-state index in [0.717, 1.165) is 16.9 Å². The van der Waals surface area contributed by atoms with E-state index in [0.29, 0.717) is 6.61 Å². The van der Waals surface area contributed by atoms with Crippen LogP contribution >= 0.6 is 0 Å². The van der Waals surface area contributed by atoms with E-state index in [1.807, 2.05) is 54.6 Å². The molecule has 100 valence electrons. The summed E-state index contributed by atoms with van der Waals surface area (Å²) in [7, 11) is 0. The summed E-state index contributed by atoms with van der Waals surface area (Å²) in [4.78, 5) is 0. The van der Waals surface area contributed by atoms with Crippen molar-refractivity contribution in [3.8, 4) is 5.75 Å². The second-order valence-electron chi connectivity index (χ2n) is 4.61. The minimum atomic E-state index is -0.579. The molecule has 3 nitrogen and oxygen atoms in total. The molecule has 0 aliphatic heterocycles. The van der Waals surface area contributed by atoms with E-state index in [4.69, 9.17) is 10.5 Å². The Labute approximate surface area is 113 Å². The first-order valence-corrected chi connectivity index (χ1v) is 6.37. The molecule has 0 spiro atoms. The van der Waals surface area contributed by atoms with Crippen molar-refractivity contribution in [1.82, 2.24) is 0 Å². The van der Waals surface area contributed by atoms with Crippen LogP contribution in [0.3, 0.4) is 0 Å². The highest BCUT2D eigenvalue weighted by Gasteiger charge is 2.12. The third kappa shape index (κ3) is 3.81. The van der Waals surface area contributed by atoms with E-state index in [-0.39, 0.29) is 6.04 Å². The largest absolute Gasteiger partial charge is 0.489 e. The lowest BCUT2D eigenvalue weighted by atomic mass is 10.0. The smallest absolute Gasteiger partial charge is 0.120 e. The maximum atomic E-state index is 9.51. The second-order valence-corrected chi connectivity index (χ2v) is 4.61. The Morgan fingerprint density at radius 3 is 2.53 bits per heavy atom. The zero-order valence-corrected chi connectivity index (χ0v) is 11.0. The third-order valence-corrected chi connectivity index (χ3v) is 3.01. The van der Waals surface area contributed by atoms with Gasteiger partial charge in [0.15, 0.2) is 0 Å². The van der Waals surface area contributed by atoms with Gasteiger partial charge in [-0.15, -0.1) is 0 Å². The summed E-state index contributed by atoms with van der Waals surface area (Å²) in [5.74, 6) is 0.762. The van der Waals surface area contributed by atoms with E-state index < -0.39 is 6.10 Å². The number of nitrogens with two attached hydrogens (primary N) is 1. The molecule has 0 bridgehead atoms. The van der Waals surface area contributed by atoms with Crippen LogP contribution in [0.25, 0.3) is 0 Å². The molecule has 0 aliphatic carbocycles. The first-order valence-electron chi connectivity index (χ1n) is 6.37. The summed E-state index contributed by atoms with van der Waals surface area (Å²) >= 11 is 0. The summed E-state index contributed by atoms with van der Waals surface area (Å²) < 4.78 is 5.73. The number of benzene rings is 2. The van der Waals surface area contributed by atoms with Gasteiger partial charge in [-0.1, -0.05) is 42.5 Å². The molecule has 2 rings (SSSR count). The quantitative estimate of drug-likeness (QED) is 0.865. The SMILES string of the molecule is C[C@H](O)[C@H](N)c1cccc(OCc2ccccc2)c1. The molecule has 3 N–H and O–H groups in total.